The van der Waals surface area contributed by atoms with Gasteiger partial charge >= 0.3 is 18.2 Å². The minimum absolute atomic E-state index is 0.0505. The largest absolute Gasteiger partial charge is 0.428 e. The summed E-state index contributed by atoms with van der Waals surface area (Å²) < 4.78 is 57.3. The molecule has 2 amide bonds. The van der Waals surface area contributed by atoms with Crippen molar-refractivity contribution in [3.63, 3.8) is 0 Å². The van der Waals surface area contributed by atoms with Crippen molar-refractivity contribution in [1.82, 2.24) is 10.2 Å². The number of rotatable bonds is 9. The van der Waals surface area contributed by atoms with E-state index in [1.807, 2.05) is 30.3 Å². The third-order valence-electron chi connectivity index (χ3n) is 8.12. The molecule has 1 spiro atoms. The number of benzene rings is 2. The smallest absolute Gasteiger partial charge is 0.416 e. The lowest BCUT2D eigenvalue weighted by molar-refractivity contribution is -0.154. The molecule has 2 heterocycles. The molecule has 2 aromatic carbocycles. The number of nitrogens with two attached hydrogens (primary N) is 1. The Morgan fingerprint density at radius 1 is 1.07 bits per heavy atom. The highest BCUT2D eigenvalue weighted by Crippen LogP contribution is 2.45. The van der Waals surface area contributed by atoms with Crippen LogP contribution in [0, 0.1) is 6.92 Å². The second-order valence-corrected chi connectivity index (χ2v) is 11.6. The highest BCUT2D eigenvalue weighted by atomic mass is 19.4. The van der Waals surface area contributed by atoms with E-state index in [-0.39, 0.29) is 25.5 Å². The van der Waals surface area contributed by atoms with Crippen molar-refractivity contribution in [2.45, 2.75) is 82.3 Å². The van der Waals surface area contributed by atoms with Crippen LogP contribution in [0.15, 0.2) is 48.5 Å². The second kappa shape index (κ2) is 12.9. The van der Waals surface area contributed by atoms with E-state index < -0.39 is 53.8 Å². The van der Waals surface area contributed by atoms with Crippen LogP contribution in [-0.2, 0) is 35.5 Å². The number of nitrogens with one attached hydrogen (secondary N) is 1. The predicted octanol–water partition coefficient (Wildman–Crippen LogP) is 5.11. The highest BCUT2D eigenvalue weighted by molar-refractivity contribution is 5.80. The number of likely N-dealkylation sites (tertiary alicyclic amines) is 1. The SMILES string of the molecule is Cc1cc([C@@H](C)OC[C@@]2(c3ccccc3)CC[C@]3(CCC(=O)N3)CN2C(=O)OCOC(=O)CC(C)N)cc(C(F)(F)F)c1. The van der Waals surface area contributed by atoms with Gasteiger partial charge in [0, 0.05) is 19.0 Å². The Morgan fingerprint density at radius 3 is 2.42 bits per heavy atom. The zero-order valence-electron chi connectivity index (χ0n) is 24.5. The average Bonchev–Trinajstić information content (AvgIpc) is 3.31. The number of piperidine rings is 1. The number of carbonyl (C=O) groups is 3. The van der Waals surface area contributed by atoms with E-state index in [1.165, 1.54) is 4.90 Å². The van der Waals surface area contributed by atoms with Gasteiger partial charge in [0.1, 0.15) is 0 Å². The Hall–Kier alpha value is -3.64. The van der Waals surface area contributed by atoms with Gasteiger partial charge in [0.25, 0.3) is 0 Å². The van der Waals surface area contributed by atoms with Crippen LogP contribution >= 0.6 is 0 Å². The summed E-state index contributed by atoms with van der Waals surface area (Å²) in [5, 5.41) is 3.02. The van der Waals surface area contributed by atoms with Gasteiger partial charge < -0.3 is 25.3 Å². The zero-order chi connectivity index (χ0) is 31.4. The van der Waals surface area contributed by atoms with Gasteiger partial charge in [0.15, 0.2) is 0 Å². The molecule has 0 bridgehead atoms. The molecule has 0 aromatic heterocycles. The summed E-state index contributed by atoms with van der Waals surface area (Å²) in [6, 6.07) is 12.5. The van der Waals surface area contributed by atoms with Gasteiger partial charge in [0.2, 0.25) is 12.7 Å². The van der Waals surface area contributed by atoms with Gasteiger partial charge in [-0.25, -0.2) is 4.79 Å². The Labute approximate surface area is 248 Å². The van der Waals surface area contributed by atoms with Crippen molar-refractivity contribution in [3.05, 3.63) is 70.8 Å². The fourth-order valence-electron chi connectivity index (χ4n) is 5.83. The quantitative estimate of drug-likeness (QED) is 0.301. The Kier molecular flexibility index (Phi) is 9.70. The monoisotopic (exact) mass is 605 g/mol. The fraction of sp³-hybridized carbons (Fsp3) is 0.516. The van der Waals surface area contributed by atoms with Crippen LogP contribution < -0.4 is 11.1 Å². The van der Waals surface area contributed by atoms with Gasteiger partial charge in [0.05, 0.1) is 35.8 Å². The molecule has 43 heavy (non-hydrogen) atoms. The highest BCUT2D eigenvalue weighted by Gasteiger charge is 2.54. The average molecular weight is 606 g/mol. The summed E-state index contributed by atoms with van der Waals surface area (Å²) in [5.74, 6) is -0.737. The van der Waals surface area contributed by atoms with Crippen molar-refractivity contribution in [1.29, 1.82) is 0 Å². The lowest BCUT2D eigenvalue weighted by Crippen LogP contribution is -2.65. The van der Waals surface area contributed by atoms with Gasteiger partial charge in [-0.15, -0.1) is 0 Å². The predicted molar refractivity (Wildman–Crippen MR) is 150 cm³/mol. The molecule has 12 heteroatoms. The molecule has 1 unspecified atom stereocenters. The van der Waals surface area contributed by atoms with Crippen molar-refractivity contribution in [2.75, 3.05) is 19.9 Å². The first kappa shape index (κ1) is 32.3. The van der Waals surface area contributed by atoms with E-state index in [0.717, 1.165) is 17.7 Å². The Balaban J connectivity index is 1.64. The number of hydrogen-bond acceptors (Lipinski definition) is 7. The van der Waals surface area contributed by atoms with E-state index in [1.54, 1.807) is 26.8 Å². The van der Waals surface area contributed by atoms with Crippen molar-refractivity contribution < 1.29 is 41.8 Å². The molecule has 2 aromatic rings. The van der Waals surface area contributed by atoms with Crippen LogP contribution in [0.1, 0.15) is 74.3 Å². The first-order valence-electron chi connectivity index (χ1n) is 14.3. The fourth-order valence-corrected chi connectivity index (χ4v) is 5.83. The van der Waals surface area contributed by atoms with Crippen molar-refractivity contribution in [2.24, 2.45) is 5.73 Å². The summed E-state index contributed by atoms with van der Waals surface area (Å²) >= 11 is 0. The van der Waals surface area contributed by atoms with E-state index >= 15 is 0 Å². The molecule has 2 saturated heterocycles. The maximum absolute atomic E-state index is 13.7. The number of amides is 2. The van der Waals surface area contributed by atoms with Gasteiger partial charge in [-0.3, -0.25) is 14.5 Å². The number of hydrogen-bond donors (Lipinski definition) is 2. The summed E-state index contributed by atoms with van der Waals surface area (Å²) in [5.41, 5.74) is 4.61. The standard InChI is InChI=1S/C31H38F3N3O6/c1-20-13-23(16-25(14-20)31(32,33)34)22(3)41-18-30(24-7-5-4-6-8-24)12-11-29(10-9-26(38)36-29)17-37(30)28(40)43-19-42-27(39)15-21(2)35/h4-8,13-14,16,21-22H,9-12,15,17-19,35H2,1-3H3,(H,36,38)/t21?,22-,29-,30-/m1/s1. The molecule has 4 atom stereocenters. The number of nitrogens with zero attached hydrogens (tertiary/aromatic N) is 1. The van der Waals surface area contributed by atoms with Crippen LogP contribution in [0.25, 0.3) is 0 Å². The molecular formula is C31H38F3N3O6. The minimum atomic E-state index is -4.51. The normalized spacial score (nSPS) is 23.5. The maximum Gasteiger partial charge on any atom is 0.416 e. The van der Waals surface area contributed by atoms with Crippen LogP contribution in [0.5, 0.6) is 0 Å². The zero-order valence-corrected chi connectivity index (χ0v) is 24.5. The maximum atomic E-state index is 13.7. The first-order chi connectivity index (χ1) is 20.2. The van der Waals surface area contributed by atoms with E-state index in [9.17, 15) is 27.6 Å². The third-order valence-corrected chi connectivity index (χ3v) is 8.12. The molecular weight excluding hydrogens is 567 g/mol. The number of aryl methyl sites for hydroxylation is 1. The van der Waals surface area contributed by atoms with Crippen LogP contribution in [-0.4, -0.2) is 54.4 Å². The lowest BCUT2D eigenvalue weighted by Gasteiger charge is -2.52. The van der Waals surface area contributed by atoms with Crippen LogP contribution in [0.3, 0.4) is 0 Å². The molecule has 2 fully saturated rings. The summed E-state index contributed by atoms with van der Waals surface area (Å²) in [6.07, 6.45) is -4.37. The van der Waals surface area contributed by atoms with Crippen molar-refractivity contribution in [3.8, 4) is 0 Å². The number of halogens is 3. The molecule has 0 aliphatic carbocycles. The molecule has 0 radical (unpaired) electrons. The number of carbonyl (C=O) groups excluding carboxylic acids is 3. The van der Waals surface area contributed by atoms with E-state index in [0.29, 0.717) is 36.8 Å². The molecule has 4 rings (SSSR count). The summed E-state index contributed by atoms with van der Waals surface area (Å²) in [4.78, 5) is 39.4. The van der Waals surface area contributed by atoms with Crippen LogP contribution in [0.4, 0.5) is 18.0 Å². The lowest BCUT2D eigenvalue weighted by atomic mass is 9.74. The second-order valence-electron chi connectivity index (χ2n) is 11.6. The molecule has 2 aliphatic rings. The van der Waals surface area contributed by atoms with Crippen molar-refractivity contribution >= 4 is 18.0 Å². The van der Waals surface area contributed by atoms with Gasteiger partial charge in [-0.05, 0) is 63.3 Å². The molecule has 2 aliphatic heterocycles. The van der Waals surface area contributed by atoms with E-state index in [4.69, 9.17) is 19.9 Å². The molecule has 9 nitrogen and oxygen atoms in total. The molecule has 0 saturated carbocycles. The Bertz CT molecular complexity index is 1320. The van der Waals surface area contributed by atoms with Gasteiger partial charge in [-0.2, -0.15) is 13.2 Å². The molecule has 234 valence electrons. The minimum Gasteiger partial charge on any atom is -0.428 e. The number of ether oxygens (including phenoxy) is 3. The van der Waals surface area contributed by atoms with E-state index in [2.05, 4.69) is 5.32 Å². The summed E-state index contributed by atoms with van der Waals surface area (Å²) in [7, 11) is 0. The van der Waals surface area contributed by atoms with Gasteiger partial charge in [-0.1, -0.05) is 42.0 Å². The number of esters is 1. The number of alkyl halides is 3. The molecule has 3 N–H and O–H groups in total. The van der Waals surface area contributed by atoms with Crippen LogP contribution in [0.2, 0.25) is 0 Å². The first-order valence-corrected chi connectivity index (χ1v) is 14.3. The third kappa shape index (κ3) is 7.66. The summed E-state index contributed by atoms with van der Waals surface area (Å²) in [6.45, 7) is 4.29. The topological polar surface area (TPSA) is 120 Å². The Morgan fingerprint density at radius 2 is 1.79 bits per heavy atom.